The van der Waals surface area contributed by atoms with Crippen LogP contribution >= 0.6 is 0 Å². The molecule has 29 heavy (non-hydrogen) atoms. The van der Waals surface area contributed by atoms with Gasteiger partial charge < -0.3 is 19.7 Å². The summed E-state index contributed by atoms with van der Waals surface area (Å²) in [6, 6.07) is 8.50. The van der Waals surface area contributed by atoms with E-state index < -0.39 is 0 Å². The van der Waals surface area contributed by atoms with Crippen LogP contribution in [-0.4, -0.2) is 76.4 Å². The number of nitrogens with one attached hydrogen (secondary N) is 1. The Labute approximate surface area is 173 Å². The van der Waals surface area contributed by atoms with E-state index in [-0.39, 0.29) is 5.91 Å². The zero-order chi connectivity index (χ0) is 20.1. The first kappa shape index (κ1) is 20.1. The number of aromatic amines is 1. The Kier molecular flexibility index (Phi) is 6.62. The van der Waals surface area contributed by atoms with E-state index in [4.69, 9.17) is 0 Å². The van der Waals surface area contributed by atoms with Crippen molar-refractivity contribution in [2.45, 2.75) is 38.3 Å². The molecule has 2 aromatic heterocycles. The Bertz CT molecular complexity index is 747. The van der Waals surface area contributed by atoms with Crippen LogP contribution in [-0.2, 0) is 6.54 Å². The molecule has 2 aliphatic heterocycles. The van der Waals surface area contributed by atoms with E-state index >= 15 is 0 Å². The van der Waals surface area contributed by atoms with Gasteiger partial charge in [-0.05, 0) is 94.7 Å². The van der Waals surface area contributed by atoms with Crippen molar-refractivity contribution < 1.29 is 4.79 Å². The molecule has 2 saturated heterocycles. The molecule has 2 aromatic rings. The number of nitrogens with zero attached hydrogens (tertiary/aromatic N) is 4. The molecule has 156 valence electrons. The molecule has 0 bridgehead atoms. The number of likely N-dealkylation sites (tertiary alicyclic amines) is 2. The van der Waals surface area contributed by atoms with Crippen molar-refractivity contribution in [3.8, 4) is 0 Å². The number of piperidine rings is 2. The van der Waals surface area contributed by atoms with Crippen LogP contribution in [0.5, 0.6) is 0 Å². The van der Waals surface area contributed by atoms with Crippen molar-refractivity contribution in [3.05, 3.63) is 54.1 Å². The summed E-state index contributed by atoms with van der Waals surface area (Å²) < 4.78 is 0. The van der Waals surface area contributed by atoms with Crippen LogP contribution in [0.4, 0.5) is 0 Å². The quantitative estimate of drug-likeness (QED) is 0.817. The van der Waals surface area contributed by atoms with Gasteiger partial charge in [0.25, 0.3) is 5.91 Å². The third kappa shape index (κ3) is 5.25. The summed E-state index contributed by atoms with van der Waals surface area (Å²) in [5, 5.41) is 0. The second-order valence-electron chi connectivity index (χ2n) is 8.64. The predicted molar refractivity (Wildman–Crippen MR) is 115 cm³/mol. The van der Waals surface area contributed by atoms with Crippen LogP contribution in [0.15, 0.2) is 42.9 Å². The number of amides is 1. The molecule has 0 radical (unpaired) electrons. The standard InChI is InChI=1S/C23H33N5O/c1-26-13-8-21(9-14-26)27-15-6-20(7-16-27)18-28(17-19-4-11-24-12-5-19)23(29)22-3-2-10-25-22/h2-5,10-12,20-21,25H,6-9,13-18H2,1H3. The lowest BCUT2D eigenvalue weighted by atomic mass is 9.93. The summed E-state index contributed by atoms with van der Waals surface area (Å²) in [6.45, 7) is 6.22. The van der Waals surface area contributed by atoms with E-state index in [1.165, 1.54) is 51.9 Å². The van der Waals surface area contributed by atoms with Crippen LogP contribution in [0.2, 0.25) is 0 Å². The number of hydrogen-bond donors (Lipinski definition) is 1. The maximum absolute atomic E-state index is 13.1. The summed E-state index contributed by atoms with van der Waals surface area (Å²) in [5.41, 5.74) is 1.80. The Balaban J connectivity index is 1.36. The van der Waals surface area contributed by atoms with Gasteiger partial charge in [0.05, 0.1) is 0 Å². The molecule has 6 heteroatoms. The zero-order valence-electron chi connectivity index (χ0n) is 17.5. The summed E-state index contributed by atoms with van der Waals surface area (Å²) in [5.74, 6) is 0.655. The highest BCUT2D eigenvalue weighted by atomic mass is 16.2. The third-order valence-corrected chi connectivity index (χ3v) is 6.57. The SMILES string of the molecule is CN1CCC(N2CCC(CN(Cc3ccncc3)C(=O)c3ccc[nH]3)CC2)CC1. The van der Waals surface area contributed by atoms with Crippen LogP contribution < -0.4 is 0 Å². The molecule has 2 fully saturated rings. The van der Waals surface area contributed by atoms with Crippen molar-refractivity contribution in [1.82, 2.24) is 24.7 Å². The third-order valence-electron chi connectivity index (χ3n) is 6.57. The predicted octanol–water partition coefficient (Wildman–Crippen LogP) is 2.86. The molecule has 0 aliphatic carbocycles. The number of carbonyl (C=O) groups excluding carboxylic acids is 1. The van der Waals surface area contributed by atoms with Gasteiger partial charge in [-0.2, -0.15) is 0 Å². The topological polar surface area (TPSA) is 55.5 Å². The van der Waals surface area contributed by atoms with E-state index in [1.807, 2.05) is 35.4 Å². The lowest BCUT2D eigenvalue weighted by Gasteiger charge is -2.41. The first-order chi connectivity index (χ1) is 14.2. The van der Waals surface area contributed by atoms with Crippen molar-refractivity contribution in [3.63, 3.8) is 0 Å². The molecule has 0 aromatic carbocycles. The van der Waals surface area contributed by atoms with Gasteiger partial charge in [0.2, 0.25) is 0 Å². The second-order valence-corrected chi connectivity index (χ2v) is 8.64. The van der Waals surface area contributed by atoms with E-state index in [0.717, 1.165) is 18.2 Å². The lowest BCUT2D eigenvalue weighted by molar-refractivity contribution is 0.0583. The molecular formula is C23H33N5O. The highest BCUT2D eigenvalue weighted by Crippen LogP contribution is 2.25. The molecule has 2 aliphatic rings. The van der Waals surface area contributed by atoms with Crippen LogP contribution in [0, 0.1) is 5.92 Å². The van der Waals surface area contributed by atoms with E-state index in [2.05, 4.69) is 26.8 Å². The van der Waals surface area contributed by atoms with Crippen LogP contribution in [0.25, 0.3) is 0 Å². The summed E-state index contributed by atoms with van der Waals surface area (Å²) in [4.78, 5) is 27.4. The Morgan fingerprint density at radius 2 is 1.83 bits per heavy atom. The van der Waals surface area contributed by atoms with E-state index in [9.17, 15) is 4.79 Å². The minimum atomic E-state index is 0.0876. The molecular weight excluding hydrogens is 362 g/mol. The monoisotopic (exact) mass is 395 g/mol. The van der Waals surface area contributed by atoms with Gasteiger partial charge in [0.15, 0.2) is 0 Å². The zero-order valence-corrected chi connectivity index (χ0v) is 17.5. The van der Waals surface area contributed by atoms with Gasteiger partial charge in [-0.15, -0.1) is 0 Å². The number of rotatable bonds is 6. The molecule has 0 unspecified atom stereocenters. The minimum Gasteiger partial charge on any atom is -0.357 e. The number of pyridine rings is 1. The fourth-order valence-corrected chi connectivity index (χ4v) is 4.73. The molecule has 6 nitrogen and oxygen atoms in total. The normalized spacial score (nSPS) is 20.0. The number of aromatic nitrogens is 2. The molecule has 0 atom stereocenters. The largest absolute Gasteiger partial charge is 0.357 e. The highest BCUT2D eigenvalue weighted by Gasteiger charge is 2.29. The summed E-state index contributed by atoms with van der Waals surface area (Å²) in [7, 11) is 2.22. The van der Waals surface area contributed by atoms with Gasteiger partial charge >= 0.3 is 0 Å². The Morgan fingerprint density at radius 1 is 1.10 bits per heavy atom. The van der Waals surface area contributed by atoms with E-state index in [0.29, 0.717) is 18.2 Å². The van der Waals surface area contributed by atoms with Crippen molar-refractivity contribution in [1.29, 1.82) is 0 Å². The van der Waals surface area contributed by atoms with Crippen molar-refractivity contribution >= 4 is 5.91 Å². The second kappa shape index (κ2) is 9.55. The lowest BCUT2D eigenvalue weighted by Crippen LogP contribution is -2.48. The van der Waals surface area contributed by atoms with Crippen LogP contribution in [0.3, 0.4) is 0 Å². The number of H-pyrrole nitrogens is 1. The smallest absolute Gasteiger partial charge is 0.270 e. The average molecular weight is 396 g/mol. The maximum atomic E-state index is 13.1. The Morgan fingerprint density at radius 3 is 2.48 bits per heavy atom. The molecule has 4 heterocycles. The first-order valence-corrected chi connectivity index (χ1v) is 10.9. The van der Waals surface area contributed by atoms with Crippen molar-refractivity contribution in [2.24, 2.45) is 5.92 Å². The Hall–Kier alpha value is -2.18. The average Bonchev–Trinajstić information content (AvgIpc) is 3.30. The van der Waals surface area contributed by atoms with Gasteiger partial charge in [0.1, 0.15) is 5.69 Å². The van der Waals surface area contributed by atoms with Crippen LogP contribution in [0.1, 0.15) is 41.7 Å². The maximum Gasteiger partial charge on any atom is 0.270 e. The molecule has 0 saturated carbocycles. The van der Waals surface area contributed by atoms with E-state index in [1.54, 1.807) is 12.4 Å². The highest BCUT2D eigenvalue weighted by molar-refractivity contribution is 5.92. The summed E-state index contributed by atoms with van der Waals surface area (Å²) >= 11 is 0. The van der Waals surface area contributed by atoms with Crippen molar-refractivity contribution in [2.75, 3.05) is 39.8 Å². The van der Waals surface area contributed by atoms with Gasteiger partial charge in [-0.3, -0.25) is 9.78 Å². The number of hydrogen-bond acceptors (Lipinski definition) is 4. The fourth-order valence-electron chi connectivity index (χ4n) is 4.73. The summed E-state index contributed by atoms with van der Waals surface area (Å²) in [6.07, 6.45) is 10.4. The minimum absolute atomic E-state index is 0.0876. The first-order valence-electron chi connectivity index (χ1n) is 10.9. The van der Waals surface area contributed by atoms with Gasteiger partial charge in [-0.25, -0.2) is 0 Å². The molecule has 1 amide bonds. The number of carbonyl (C=O) groups is 1. The van der Waals surface area contributed by atoms with Gasteiger partial charge in [-0.1, -0.05) is 0 Å². The molecule has 0 spiro atoms. The fraction of sp³-hybridized carbons (Fsp3) is 0.565. The molecule has 4 rings (SSSR count). The molecule has 1 N–H and O–H groups in total. The van der Waals surface area contributed by atoms with Gasteiger partial charge in [0, 0.05) is 37.7 Å².